The first-order valence-corrected chi connectivity index (χ1v) is 7.09. The van der Waals surface area contributed by atoms with Crippen molar-refractivity contribution >= 4 is 23.5 Å². The Balaban J connectivity index is 3.17. The summed E-state index contributed by atoms with van der Waals surface area (Å²) in [4.78, 5) is 48.6. The molecule has 0 aliphatic heterocycles. The van der Waals surface area contributed by atoms with Gasteiger partial charge in [0.05, 0.1) is 23.6 Å². The van der Waals surface area contributed by atoms with E-state index in [0.717, 1.165) is 17.0 Å². The number of nitrogens with zero attached hydrogens (tertiary/aromatic N) is 3. The highest BCUT2D eigenvalue weighted by Gasteiger charge is 2.22. The first-order valence-electron chi connectivity index (χ1n) is 7.09. The molecule has 9 heteroatoms. The van der Waals surface area contributed by atoms with Gasteiger partial charge in [0.15, 0.2) is 0 Å². The van der Waals surface area contributed by atoms with Crippen molar-refractivity contribution < 1.29 is 24.0 Å². The van der Waals surface area contributed by atoms with E-state index in [4.69, 9.17) is 4.74 Å². The number of hydrogen-bond donors (Lipinski definition) is 0. The molecule has 0 saturated heterocycles. The Kier molecular flexibility index (Phi) is 6.39. The lowest BCUT2D eigenvalue weighted by atomic mass is 10.1. The Morgan fingerprint density at radius 1 is 1.12 bits per heavy atom. The summed E-state index contributed by atoms with van der Waals surface area (Å²) in [5.74, 6) is -1.68. The van der Waals surface area contributed by atoms with Crippen molar-refractivity contribution in [2.75, 3.05) is 34.3 Å². The lowest BCUT2D eigenvalue weighted by Crippen LogP contribution is -2.37. The van der Waals surface area contributed by atoms with Gasteiger partial charge in [0.2, 0.25) is 5.91 Å². The average Bonchev–Trinajstić information content (AvgIpc) is 2.53. The predicted molar refractivity (Wildman–Crippen MR) is 84.7 cm³/mol. The molecule has 0 aromatic heterocycles. The molecule has 1 aromatic rings. The maximum atomic E-state index is 12.4. The number of nitro benzene ring substituents is 1. The van der Waals surface area contributed by atoms with Gasteiger partial charge in [-0.1, -0.05) is 0 Å². The number of rotatable bonds is 6. The van der Waals surface area contributed by atoms with Crippen molar-refractivity contribution in [1.29, 1.82) is 0 Å². The largest absolute Gasteiger partial charge is 0.462 e. The van der Waals surface area contributed by atoms with Gasteiger partial charge in [0.25, 0.3) is 11.6 Å². The van der Waals surface area contributed by atoms with Crippen LogP contribution in [-0.4, -0.2) is 66.8 Å². The minimum Gasteiger partial charge on any atom is -0.462 e. The van der Waals surface area contributed by atoms with Gasteiger partial charge in [-0.15, -0.1) is 0 Å². The van der Waals surface area contributed by atoms with Gasteiger partial charge in [0, 0.05) is 38.8 Å². The highest BCUT2D eigenvalue weighted by Crippen LogP contribution is 2.19. The monoisotopic (exact) mass is 337 g/mol. The van der Waals surface area contributed by atoms with Crippen LogP contribution in [0.5, 0.6) is 0 Å². The Bertz CT molecular complexity index is 671. The van der Waals surface area contributed by atoms with Crippen molar-refractivity contribution in [3.63, 3.8) is 0 Å². The van der Waals surface area contributed by atoms with E-state index in [-0.39, 0.29) is 30.2 Å². The van der Waals surface area contributed by atoms with Gasteiger partial charge in [-0.25, -0.2) is 4.79 Å². The van der Waals surface area contributed by atoms with Crippen molar-refractivity contribution in [3.8, 4) is 0 Å². The molecule has 0 fully saturated rings. The fraction of sp³-hybridized carbons (Fsp3) is 0.400. The van der Waals surface area contributed by atoms with E-state index >= 15 is 0 Å². The molecule has 0 saturated carbocycles. The van der Waals surface area contributed by atoms with Crippen LogP contribution in [0.3, 0.4) is 0 Å². The van der Waals surface area contributed by atoms with Crippen molar-refractivity contribution in [3.05, 3.63) is 39.4 Å². The highest BCUT2D eigenvalue weighted by molar-refractivity contribution is 6.00. The number of nitro groups is 1. The third-order valence-corrected chi connectivity index (χ3v) is 3.10. The number of likely N-dealkylation sites (N-methyl/N-ethyl adjacent to an activating group) is 2. The summed E-state index contributed by atoms with van der Waals surface area (Å²) in [6.07, 6.45) is 0. The molecule has 0 bridgehead atoms. The lowest BCUT2D eigenvalue weighted by Gasteiger charge is -2.19. The van der Waals surface area contributed by atoms with E-state index in [1.54, 1.807) is 21.0 Å². The van der Waals surface area contributed by atoms with E-state index in [2.05, 4.69) is 0 Å². The summed E-state index contributed by atoms with van der Waals surface area (Å²) in [5, 5.41) is 11.0. The normalized spacial score (nSPS) is 10.0. The number of hydrogen-bond acceptors (Lipinski definition) is 6. The SMILES string of the molecule is CCOC(=O)c1cc(C(=O)N(C)CC(=O)N(C)C)cc([N+](=O)[O-])c1. The molecule has 0 spiro atoms. The first-order chi connectivity index (χ1) is 11.2. The molecule has 0 atom stereocenters. The number of carbonyl (C=O) groups excluding carboxylic acids is 3. The third kappa shape index (κ3) is 4.77. The summed E-state index contributed by atoms with van der Waals surface area (Å²) in [5.41, 5.74) is -0.570. The van der Waals surface area contributed by atoms with E-state index in [0.29, 0.717) is 0 Å². The highest BCUT2D eigenvalue weighted by atomic mass is 16.6. The van der Waals surface area contributed by atoms with Crippen LogP contribution >= 0.6 is 0 Å². The summed E-state index contributed by atoms with van der Waals surface area (Å²) in [6, 6.07) is 3.31. The molecule has 24 heavy (non-hydrogen) atoms. The number of non-ortho nitro benzene ring substituents is 1. The number of esters is 1. The molecule has 0 N–H and O–H groups in total. The zero-order valence-electron chi connectivity index (χ0n) is 13.9. The summed E-state index contributed by atoms with van der Waals surface area (Å²) in [6.45, 7) is 1.51. The summed E-state index contributed by atoms with van der Waals surface area (Å²) < 4.78 is 4.81. The molecule has 0 aliphatic carbocycles. The van der Waals surface area contributed by atoms with Crippen LogP contribution in [0.4, 0.5) is 5.69 Å². The van der Waals surface area contributed by atoms with Gasteiger partial charge in [-0.3, -0.25) is 19.7 Å². The van der Waals surface area contributed by atoms with E-state index < -0.39 is 22.5 Å². The van der Waals surface area contributed by atoms with Crippen LogP contribution in [0, 0.1) is 10.1 Å². The topological polar surface area (TPSA) is 110 Å². The van der Waals surface area contributed by atoms with Gasteiger partial charge >= 0.3 is 5.97 Å². The second-order valence-electron chi connectivity index (χ2n) is 5.20. The molecular formula is C15H19N3O6. The van der Waals surface area contributed by atoms with Crippen molar-refractivity contribution in [2.45, 2.75) is 6.92 Å². The molecule has 0 unspecified atom stereocenters. The molecule has 1 aromatic carbocycles. The van der Waals surface area contributed by atoms with Gasteiger partial charge < -0.3 is 14.5 Å². The first kappa shape index (κ1) is 19.1. The van der Waals surface area contributed by atoms with E-state index in [9.17, 15) is 24.5 Å². The Hall–Kier alpha value is -2.97. The van der Waals surface area contributed by atoms with E-state index in [1.165, 1.54) is 18.0 Å². The third-order valence-electron chi connectivity index (χ3n) is 3.10. The molecule has 0 aliphatic rings. The Morgan fingerprint density at radius 2 is 1.71 bits per heavy atom. The number of amides is 2. The maximum absolute atomic E-state index is 12.4. The predicted octanol–water partition coefficient (Wildman–Crippen LogP) is 0.932. The lowest BCUT2D eigenvalue weighted by molar-refractivity contribution is -0.384. The second kappa shape index (κ2) is 8.04. The standard InChI is InChI=1S/C15H19N3O6/c1-5-24-15(21)11-6-10(7-12(8-11)18(22)23)14(20)17(4)9-13(19)16(2)3/h6-8H,5,9H2,1-4H3. The quantitative estimate of drug-likeness (QED) is 0.434. The minimum atomic E-state index is -0.762. The molecular weight excluding hydrogens is 318 g/mol. The Morgan fingerprint density at radius 3 is 2.21 bits per heavy atom. The fourth-order valence-electron chi connectivity index (χ4n) is 1.81. The Labute approximate surface area is 138 Å². The minimum absolute atomic E-state index is 0.0682. The summed E-state index contributed by atoms with van der Waals surface area (Å²) in [7, 11) is 4.49. The van der Waals surface area contributed by atoms with Crippen LogP contribution in [0.15, 0.2) is 18.2 Å². The van der Waals surface area contributed by atoms with Crippen LogP contribution < -0.4 is 0 Å². The molecule has 9 nitrogen and oxygen atoms in total. The van der Waals surface area contributed by atoms with Gasteiger partial charge in [0.1, 0.15) is 0 Å². The van der Waals surface area contributed by atoms with Crippen LogP contribution in [0.25, 0.3) is 0 Å². The van der Waals surface area contributed by atoms with Crippen molar-refractivity contribution in [2.24, 2.45) is 0 Å². The zero-order chi connectivity index (χ0) is 18.4. The smallest absolute Gasteiger partial charge is 0.338 e. The molecule has 130 valence electrons. The zero-order valence-corrected chi connectivity index (χ0v) is 13.9. The molecule has 0 radical (unpaired) electrons. The van der Waals surface area contributed by atoms with Crippen molar-refractivity contribution in [1.82, 2.24) is 9.80 Å². The second-order valence-corrected chi connectivity index (χ2v) is 5.20. The fourth-order valence-corrected chi connectivity index (χ4v) is 1.81. The van der Waals surface area contributed by atoms with Gasteiger partial charge in [-0.2, -0.15) is 0 Å². The van der Waals surface area contributed by atoms with E-state index in [1.807, 2.05) is 0 Å². The molecule has 0 heterocycles. The maximum Gasteiger partial charge on any atom is 0.338 e. The van der Waals surface area contributed by atoms with Crippen LogP contribution in [0.2, 0.25) is 0 Å². The number of carbonyl (C=O) groups is 3. The summed E-state index contributed by atoms with van der Waals surface area (Å²) >= 11 is 0. The van der Waals surface area contributed by atoms with Crippen LogP contribution in [-0.2, 0) is 9.53 Å². The van der Waals surface area contributed by atoms with Gasteiger partial charge in [-0.05, 0) is 13.0 Å². The van der Waals surface area contributed by atoms with Crippen LogP contribution in [0.1, 0.15) is 27.6 Å². The molecule has 1 rings (SSSR count). The molecule has 2 amide bonds. The number of ether oxygens (including phenoxy) is 1. The number of benzene rings is 1. The average molecular weight is 337 g/mol.